The number of thiazole rings is 2. The molecule has 5 rings (SSSR count). The van der Waals surface area contributed by atoms with Crippen LogP contribution in [0.25, 0.3) is 32.2 Å². The lowest BCUT2D eigenvalue weighted by Gasteiger charge is -2.00. The molecule has 1 saturated carbocycles. The highest BCUT2D eigenvalue weighted by Crippen LogP contribution is 2.34. The summed E-state index contributed by atoms with van der Waals surface area (Å²) >= 11 is 3.20. The van der Waals surface area contributed by atoms with Crippen molar-refractivity contribution in [1.82, 2.24) is 25.3 Å². The minimum Gasteiger partial charge on any atom is -0.349 e. The van der Waals surface area contributed by atoms with E-state index in [1.165, 1.54) is 0 Å². The van der Waals surface area contributed by atoms with Crippen molar-refractivity contribution in [3.8, 4) is 22.0 Å². The van der Waals surface area contributed by atoms with E-state index in [2.05, 4.69) is 26.3 Å². The molecule has 1 fully saturated rings. The van der Waals surface area contributed by atoms with Crippen LogP contribution < -0.4 is 5.32 Å². The molecule has 3 heterocycles. The van der Waals surface area contributed by atoms with Crippen molar-refractivity contribution < 1.29 is 4.79 Å². The van der Waals surface area contributed by atoms with Gasteiger partial charge in [0.1, 0.15) is 16.5 Å². The second kappa shape index (κ2) is 6.54. The Morgan fingerprint density at radius 1 is 1.30 bits per heavy atom. The first-order chi connectivity index (χ1) is 13.2. The first kappa shape index (κ1) is 16.6. The molecular formula is C19H17N5OS2. The standard InChI is InChI=1S/C19H17N5OS2/c1-10-8-26-19(22-10)17-16(12-4-5-13-14(6-12)27-9-21-13)23-15(24-17)7-20-18(25)11-2-3-11/h4-6,8-9,11H,2-3,7H2,1H3,(H,20,25)(H,23,24). The molecule has 2 N–H and O–H groups in total. The minimum absolute atomic E-state index is 0.116. The summed E-state index contributed by atoms with van der Waals surface area (Å²) in [6.07, 6.45) is 1.99. The zero-order valence-electron chi connectivity index (χ0n) is 14.7. The number of hydrogen-bond donors (Lipinski definition) is 2. The van der Waals surface area contributed by atoms with Crippen LogP contribution in [0.5, 0.6) is 0 Å². The zero-order chi connectivity index (χ0) is 18.4. The van der Waals surface area contributed by atoms with Gasteiger partial charge in [0.2, 0.25) is 5.91 Å². The monoisotopic (exact) mass is 395 g/mol. The van der Waals surface area contributed by atoms with Crippen LogP contribution >= 0.6 is 22.7 Å². The topological polar surface area (TPSA) is 83.6 Å². The molecule has 4 aromatic rings. The third-order valence-corrected chi connectivity index (χ3v) is 6.34. The van der Waals surface area contributed by atoms with E-state index in [-0.39, 0.29) is 11.8 Å². The van der Waals surface area contributed by atoms with Crippen LogP contribution in [0.4, 0.5) is 0 Å². The van der Waals surface area contributed by atoms with E-state index >= 15 is 0 Å². The van der Waals surface area contributed by atoms with E-state index in [9.17, 15) is 4.79 Å². The summed E-state index contributed by atoms with van der Waals surface area (Å²) < 4.78 is 1.13. The van der Waals surface area contributed by atoms with Gasteiger partial charge in [0.05, 0.1) is 28.0 Å². The third-order valence-electron chi connectivity index (χ3n) is 4.57. The second-order valence-corrected chi connectivity index (χ2v) is 8.47. The number of imidazole rings is 1. The van der Waals surface area contributed by atoms with Crippen molar-refractivity contribution in [3.05, 3.63) is 40.6 Å². The number of benzene rings is 1. The fourth-order valence-corrected chi connectivity index (χ4v) is 4.52. The summed E-state index contributed by atoms with van der Waals surface area (Å²) in [5, 5.41) is 5.91. The van der Waals surface area contributed by atoms with Gasteiger partial charge >= 0.3 is 0 Å². The highest BCUT2D eigenvalue weighted by Gasteiger charge is 2.29. The van der Waals surface area contributed by atoms with Gasteiger partial charge < -0.3 is 10.3 Å². The number of nitrogens with one attached hydrogen (secondary N) is 2. The van der Waals surface area contributed by atoms with Crippen LogP contribution in [-0.4, -0.2) is 25.8 Å². The predicted octanol–water partition coefficient (Wildman–Crippen LogP) is 4.14. The summed E-state index contributed by atoms with van der Waals surface area (Å²) in [6, 6.07) is 6.16. The number of fused-ring (bicyclic) bond motifs is 1. The Bertz CT molecular complexity index is 1140. The van der Waals surface area contributed by atoms with Crippen LogP contribution in [0.15, 0.2) is 29.1 Å². The fourth-order valence-electron chi connectivity index (χ4n) is 3.00. The zero-order valence-corrected chi connectivity index (χ0v) is 16.3. The Labute approximate surface area is 163 Å². The van der Waals surface area contributed by atoms with E-state index in [0.29, 0.717) is 6.54 Å². The Balaban J connectivity index is 1.53. The number of carbonyl (C=O) groups is 1. The highest BCUT2D eigenvalue weighted by atomic mass is 32.1. The van der Waals surface area contributed by atoms with Crippen molar-refractivity contribution in [2.75, 3.05) is 0 Å². The van der Waals surface area contributed by atoms with Gasteiger partial charge in [-0.25, -0.2) is 15.0 Å². The van der Waals surface area contributed by atoms with Gasteiger partial charge in [-0.2, -0.15) is 0 Å². The Kier molecular flexibility index (Phi) is 4.02. The minimum atomic E-state index is 0.116. The molecule has 27 heavy (non-hydrogen) atoms. The molecule has 8 heteroatoms. The molecule has 3 aromatic heterocycles. The van der Waals surface area contributed by atoms with Crippen LogP contribution in [0.1, 0.15) is 24.4 Å². The lowest BCUT2D eigenvalue weighted by molar-refractivity contribution is -0.122. The summed E-state index contributed by atoms with van der Waals surface area (Å²) in [7, 11) is 0. The molecule has 0 saturated heterocycles. The molecule has 1 aromatic carbocycles. The summed E-state index contributed by atoms with van der Waals surface area (Å²) in [4.78, 5) is 29.1. The van der Waals surface area contributed by atoms with Gasteiger partial charge in [-0.05, 0) is 31.9 Å². The van der Waals surface area contributed by atoms with Gasteiger partial charge in [-0.15, -0.1) is 22.7 Å². The Morgan fingerprint density at radius 2 is 2.19 bits per heavy atom. The molecule has 0 unspecified atom stereocenters. The van der Waals surface area contributed by atoms with Gasteiger partial charge in [0.25, 0.3) is 0 Å². The van der Waals surface area contributed by atoms with Gasteiger partial charge in [-0.1, -0.05) is 6.07 Å². The molecule has 1 amide bonds. The van der Waals surface area contributed by atoms with Gasteiger partial charge in [-0.3, -0.25) is 4.79 Å². The van der Waals surface area contributed by atoms with Crippen LogP contribution in [-0.2, 0) is 11.3 Å². The van der Waals surface area contributed by atoms with Crippen molar-refractivity contribution in [2.24, 2.45) is 5.92 Å². The van der Waals surface area contributed by atoms with Crippen molar-refractivity contribution in [3.63, 3.8) is 0 Å². The normalized spacial score (nSPS) is 14.0. The molecule has 0 radical (unpaired) electrons. The number of H-pyrrole nitrogens is 1. The SMILES string of the molecule is Cc1csc(-c2[nH]c(CNC(=O)C3CC3)nc2-c2ccc3ncsc3c2)n1. The fraction of sp³-hybridized carbons (Fsp3) is 0.263. The molecule has 1 aliphatic rings. The van der Waals surface area contributed by atoms with Crippen LogP contribution in [0, 0.1) is 12.8 Å². The summed E-state index contributed by atoms with van der Waals surface area (Å²) in [5.74, 6) is 1.05. The first-order valence-electron chi connectivity index (χ1n) is 8.80. The molecular weight excluding hydrogens is 378 g/mol. The number of rotatable bonds is 5. The Morgan fingerprint density at radius 3 is 2.96 bits per heavy atom. The van der Waals surface area contributed by atoms with Crippen LogP contribution in [0.3, 0.4) is 0 Å². The van der Waals surface area contributed by atoms with Crippen molar-refractivity contribution in [1.29, 1.82) is 0 Å². The van der Waals surface area contributed by atoms with Crippen molar-refractivity contribution in [2.45, 2.75) is 26.3 Å². The molecule has 0 aliphatic heterocycles. The van der Waals surface area contributed by atoms with E-state index in [4.69, 9.17) is 4.98 Å². The molecule has 6 nitrogen and oxygen atoms in total. The molecule has 1 aliphatic carbocycles. The average molecular weight is 396 g/mol. The maximum absolute atomic E-state index is 12.0. The number of nitrogens with zero attached hydrogens (tertiary/aromatic N) is 3. The number of carbonyl (C=O) groups excluding carboxylic acids is 1. The summed E-state index contributed by atoms with van der Waals surface area (Å²) in [6.45, 7) is 2.38. The molecule has 0 atom stereocenters. The lowest BCUT2D eigenvalue weighted by atomic mass is 10.1. The molecule has 136 valence electrons. The maximum atomic E-state index is 12.0. The molecule has 0 bridgehead atoms. The van der Waals surface area contributed by atoms with Crippen LogP contribution in [0.2, 0.25) is 0 Å². The summed E-state index contributed by atoms with van der Waals surface area (Å²) in [5.41, 5.74) is 6.59. The number of aryl methyl sites for hydroxylation is 1. The van der Waals surface area contributed by atoms with Crippen molar-refractivity contribution >= 4 is 38.8 Å². The second-order valence-electron chi connectivity index (χ2n) is 6.73. The smallest absolute Gasteiger partial charge is 0.223 e. The molecule has 0 spiro atoms. The van der Waals surface area contributed by atoms with E-state index in [1.807, 2.05) is 29.9 Å². The number of aromatic amines is 1. The van der Waals surface area contributed by atoms with E-state index in [1.54, 1.807) is 22.7 Å². The number of hydrogen-bond acceptors (Lipinski definition) is 6. The predicted molar refractivity (Wildman–Crippen MR) is 108 cm³/mol. The lowest BCUT2D eigenvalue weighted by Crippen LogP contribution is -2.24. The highest BCUT2D eigenvalue weighted by molar-refractivity contribution is 7.16. The largest absolute Gasteiger partial charge is 0.349 e. The first-order valence-corrected chi connectivity index (χ1v) is 10.6. The average Bonchev–Trinajstić information content (AvgIpc) is 3.07. The number of aromatic nitrogens is 4. The quantitative estimate of drug-likeness (QED) is 0.532. The van der Waals surface area contributed by atoms with E-state index in [0.717, 1.165) is 56.5 Å². The number of amides is 1. The Hall–Kier alpha value is -2.58. The third kappa shape index (κ3) is 3.26. The van der Waals surface area contributed by atoms with E-state index < -0.39 is 0 Å². The van der Waals surface area contributed by atoms with Gasteiger partial charge in [0.15, 0.2) is 0 Å². The maximum Gasteiger partial charge on any atom is 0.223 e. The van der Waals surface area contributed by atoms with Gasteiger partial charge in [0, 0.05) is 22.6 Å².